The minimum Gasteiger partial charge on any atom is -0.212 e. The maximum Gasteiger partial charge on any atom is 0.212 e. The lowest BCUT2D eigenvalue weighted by molar-refractivity contribution is 0.304. The number of halogens is 1. The molecule has 1 atom stereocenters. The fourth-order valence-corrected chi connectivity index (χ4v) is 3.76. The summed E-state index contributed by atoms with van der Waals surface area (Å²) in [6.45, 7) is 6.10. The van der Waals surface area contributed by atoms with E-state index in [0.717, 1.165) is 5.56 Å². The first-order chi connectivity index (χ1) is 9.26. The Morgan fingerprint density at radius 1 is 1.15 bits per heavy atom. The van der Waals surface area contributed by atoms with Crippen molar-refractivity contribution in [1.29, 1.82) is 0 Å². The van der Waals surface area contributed by atoms with E-state index < -0.39 is 10.0 Å². The molecular formula is C15H24ClNO2S. The van der Waals surface area contributed by atoms with E-state index in [1.165, 1.54) is 0 Å². The van der Waals surface area contributed by atoms with Crippen LogP contribution in [0, 0.1) is 5.41 Å². The van der Waals surface area contributed by atoms with Crippen molar-refractivity contribution < 1.29 is 8.42 Å². The minimum absolute atomic E-state index is 0.124. The molecule has 0 heterocycles. The van der Waals surface area contributed by atoms with Crippen LogP contribution in [-0.2, 0) is 10.0 Å². The predicted molar refractivity (Wildman–Crippen MR) is 85.5 cm³/mol. The highest BCUT2D eigenvalue weighted by atomic mass is 35.5. The number of rotatable bonds is 7. The molecule has 0 saturated carbocycles. The average molecular weight is 318 g/mol. The van der Waals surface area contributed by atoms with Gasteiger partial charge in [-0.15, -0.1) is 11.6 Å². The molecule has 1 rings (SSSR count). The molecule has 0 saturated heterocycles. The van der Waals surface area contributed by atoms with Crippen molar-refractivity contribution in [2.45, 2.75) is 39.7 Å². The average Bonchev–Trinajstić information content (AvgIpc) is 2.36. The van der Waals surface area contributed by atoms with Crippen molar-refractivity contribution >= 4 is 21.6 Å². The molecule has 20 heavy (non-hydrogen) atoms. The number of hydrogen-bond donors (Lipinski definition) is 1. The van der Waals surface area contributed by atoms with E-state index in [1.807, 2.05) is 51.1 Å². The minimum atomic E-state index is -3.29. The molecule has 3 nitrogen and oxygen atoms in total. The molecule has 0 aromatic heterocycles. The Hall–Kier alpha value is -0.580. The number of benzene rings is 1. The topological polar surface area (TPSA) is 46.2 Å². The van der Waals surface area contributed by atoms with Crippen LogP contribution in [0.1, 0.15) is 45.2 Å². The van der Waals surface area contributed by atoms with Gasteiger partial charge >= 0.3 is 0 Å². The molecule has 5 heteroatoms. The molecule has 0 amide bonds. The zero-order chi connectivity index (χ0) is 15.2. The second kappa shape index (κ2) is 7.43. The summed E-state index contributed by atoms with van der Waals surface area (Å²) in [5.74, 6) is 0.621. The van der Waals surface area contributed by atoms with Crippen LogP contribution in [0.4, 0.5) is 0 Å². The van der Waals surface area contributed by atoms with Gasteiger partial charge in [0, 0.05) is 5.88 Å². The first kappa shape index (κ1) is 17.5. The number of sulfonamides is 1. The van der Waals surface area contributed by atoms with Gasteiger partial charge in [-0.1, -0.05) is 51.1 Å². The molecule has 0 bridgehead atoms. The Kier molecular flexibility index (Phi) is 6.49. The van der Waals surface area contributed by atoms with E-state index in [-0.39, 0.29) is 17.2 Å². The lowest BCUT2D eigenvalue weighted by atomic mass is 9.83. The van der Waals surface area contributed by atoms with Gasteiger partial charge in [-0.25, -0.2) is 13.1 Å². The van der Waals surface area contributed by atoms with E-state index in [9.17, 15) is 8.42 Å². The number of unbranched alkanes of at least 4 members (excludes halogenated alkanes) is 1. The molecule has 0 fully saturated rings. The highest BCUT2D eigenvalue weighted by Gasteiger charge is 2.29. The molecule has 0 aliphatic heterocycles. The van der Waals surface area contributed by atoms with Crippen molar-refractivity contribution in [2.75, 3.05) is 11.6 Å². The van der Waals surface area contributed by atoms with Gasteiger partial charge in [0.1, 0.15) is 0 Å². The Morgan fingerprint density at radius 2 is 1.75 bits per heavy atom. The monoisotopic (exact) mass is 317 g/mol. The van der Waals surface area contributed by atoms with Crippen molar-refractivity contribution in [1.82, 2.24) is 4.72 Å². The van der Waals surface area contributed by atoms with Crippen molar-refractivity contribution in [3.05, 3.63) is 35.9 Å². The first-order valence-corrected chi connectivity index (χ1v) is 9.06. The lowest BCUT2D eigenvalue weighted by Crippen LogP contribution is -2.37. The van der Waals surface area contributed by atoms with Crippen LogP contribution in [0.2, 0.25) is 0 Å². The third kappa shape index (κ3) is 5.81. The summed E-state index contributed by atoms with van der Waals surface area (Å²) in [5.41, 5.74) is 0.793. The Morgan fingerprint density at radius 3 is 2.25 bits per heavy atom. The van der Waals surface area contributed by atoms with E-state index in [2.05, 4.69) is 4.72 Å². The molecule has 1 N–H and O–H groups in total. The lowest BCUT2D eigenvalue weighted by Gasteiger charge is -2.31. The summed E-state index contributed by atoms with van der Waals surface area (Å²) < 4.78 is 27.2. The second-order valence-electron chi connectivity index (χ2n) is 6.04. The van der Waals surface area contributed by atoms with Crippen LogP contribution in [0.3, 0.4) is 0 Å². The van der Waals surface area contributed by atoms with Crippen molar-refractivity contribution in [2.24, 2.45) is 5.41 Å². The molecule has 1 aromatic carbocycles. The molecule has 0 aliphatic carbocycles. The zero-order valence-electron chi connectivity index (χ0n) is 12.4. The highest BCUT2D eigenvalue weighted by Crippen LogP contribution is 2.33. The van der Waals surface area contributed by atoms with Crippen LogP contribution in [0.5, 0.6) is 0 Å². The quantitative estimate of drug-likeness (QED) is 0.615. The summed E-state index contributed by atoms with van der Waals surface area (Å²) in [4.78, 5) is 0. The van der Waals surface area contributed by atoms with Gasteiger partial charge in [-0.3, -0.25) is 0 Å². The molecule has 0 aliphatic rings. The summed E-state index contributed by atoms with van der Waals surface area (Å²) in [5, 5.41) is 0. The molecule has 1 aromatic rings. The summed E-state index contributed by atoms with van der Waals surface area (Å²) in [7, 11) is -3.29. The van der Waals surface area contributed by atoms with Gasteiger partial charge in [-0.05, 0) is 23.8 Å². The van der Waals surface area contributed by atoms with Crippen LogP contribution < -0.4 is 4.72 Å². The smallest absolute Gasteiger partial charge is 0.212 e. The van der Waals surface area contributed by atoms with Crippen LogP contribution >= 0.6 is 11.6 Å². The van der Waals surface area contributed by atoms with Gasteiger partial charge in [0.05, 0.1) is 11.8 Å². The number of hydrogen-bond acceptors (Lipinski definition) is 2. The maximum atomic E-state index is 12.2. The molecule has 114 valence electrons. The Labute approximate surface area is 127 Å². The SMILES string of the molecule is CC(C)(C)C(NS(=O)(=O)CCCCCl)c1ccccc1. The van der Waals surface area contributed by atoms with Gasteiger partial charge in [0.2, 0.25) is 10.0 Å². The molecule has 1 unspecified atom stereocenters. The highest BCUT2D eigenvalue weighted by molar-refractivity contribution is 7.89. The third-order valence-corrected chi connectivity index (χ3v) is 4.78. The van der Waals surface area contributed by atoms with Crippen molar-refractivity contribution in [3.8, 4) is 0 Å². The first-order valence-electron chi connectivity index (χ1n) is 6.87. The van der Waals surface area contributed by atoms with Gasteiger partial charge in [-0.2, -0.15) is 0 Å². The Balaban J connectivity index is 2.87. The van der Waals surface area contributed by atoms with E-state index in [4.69, 9.17) is 11.6 Å². The predicted octanol–water partition coefficient (Wildman–Crippen LogP) is 3.71. The number of nitrogens with one attached hydrogen (secondary N) is 1. The normalized spacial score (nSPS) is 14.2. The zero-order valence-corrected chi connectivity index (χ0v) is 14.0. The largest absolute Gasteiger partial charge is 0.212 e. The van der Waals surface area contributed by atoms with Gasteiger partial charge in [0.25, 0.3) is 0 Å². The van der Waals surface area contributed by atoms with Crippen LogP contribution in [0.15, 0.2) is 30.3 Å². The number of alkyl halides is 1. The van der Waals surface area contributed by atoms with E-state index >= 15 is 0 Å². The summed E-state index contributed by atoms with van der Waals surface area (Å²) >= 11 is 5.59. The van der Waals surface area contributed by atoms with Crippen LogP contribution in [-0.4, -0.2) is 20.1 Å². The Bertz CT molecular complexity index is 494. The maximum absolute atomic E-state index is 12.2. The van der Waals surface area contributed by atoms with Gasteiger partial charge in [0.15, 0.2) is 0 Å². The van der Waals surface area contributed by atoms with Crippen LogP contribution in [0.25, 0.3) is 0 Å². The standard InChI is InChI=1S/C15H24ClNO2S/c1-15(2,3)14(13-9-5-4-6-10-13)17-20(18,19)12-8-7-11-16/h4-6,9-10,14,17H,7-8,11-12H2,1-3H3. The molecule has 0 radical (unpaired) electrons. The van der Waals surface area contributed by atoms with E-state index in [0.29, 0.717) is 18.7 Å². The third-order valence-electron chi connectivity index (χ3n) is 3.09. The fraction of sp³-hybridized carbons (Fsp3) is 0.600. The van der Waals surface area contributed by atoms with Gasteiger partial charge < -0.3 is 0 Å². The molecule has 0 spiro atoms. The molecular weight excluding hydrogens is 294 g/mol. The summed E-state index contributed by atoms with van der Waals surface area (Å²) in [6, 6.07) is 9.46. The fourth-order valence-electron chi connectivity index (χ4n) is 2.02. The van der Waals surface area contributed by atoms with Crippen molar-refractivity contribution in [3.63, 3.8) is 0 Å². The second-order valence-corrected chi connectivity index (χ2v) is 8.29. The summed E-state index contributed by atoms with van der Waals surface area (Å²) in [6.07, 6.45) is 1.30. The van der Waals surface area contributed by atoms with E-state index in [1.54, 1.807) is 0 Å².